The Morgan fingerprint density at radius 1 is 1.25 bits per heavy atom. The van der Waals surface area contributed by atoms with Gasteiger partial charge >= 0.3 is 5.97 Å². The van der Waals surface area contributed by atoms with Crippen molar-refractivity contribution in [1.82, 2.24) is 10.2 Å². The predicted molar refractivity (Wildman–Crippen MR) is 104 cm³/mol. The number of halogens is 1. The van der Waals surface area contributed by atoms with Crippen LogP contribution in [0.4, 0.5) is 4.39 Å². The molecule has 9 heteroatoms. The largest absolute Gasteiger partial charge is 0.451 e. The average Bonchev–Trinajstić information content (AvgIpc) is 3.04. The fraction of sp³-hybridized carbons (Fsp3) is 0.421. The van der Waals surface area contributed by atoms with Crippen molar-refractivity contribution in [3.63, 3.8) is 0 Å². The number of likely N-dealkylation sites (N-methyl/N-ethyl adjacent to an activating group) is 2. The molecule has 0 radical (unpaired) electrons. The van der Waals surface area contributed by atoms with E-state index in [1.807, 2.05) is 0 Å². The van der Waals surface area contributed by atoms with Gasteiger partial charge in [-0.25, -0.2) is 9.18 Å². The van der Waals surface area contributed by atoms with Gasteiger partial charge in [-0.1, -0.05) is 6.07 Å². The summed E-state index contributed by atoms with van der Waals surface area (Å²) in [6, 6.07) is 4.58. The van der Waals surface area contributed by atoms with Gasteiger partial charge in [0.2, 0.25) is 5.91 Å². The molecule has 2 amide bonds. The number of benzene rings is 1. The van der Waals surface area contributed by atoms with Crippen LogP contribution >= 0.6 is 11.3 Å². The molecule has 0 aliphatic rings. The van der Waals surface area contributed by atoms with Gasteiger partial charge < -0.3 is 19.7 Å². The average molecular weight is 410 g/mol. The van der Waals surface area contributed by atoms with Crippen molar-refractivity contribution in [2.24, 2.45) is 0 Å². The number of hydrogen-bond acceptors (Lipinski definition) is 6. The van der Waals surface area contributed by atoms with Crippen molar-refractivity contribution in [3.8, 4) is 0 Å². The lowest BCUT2D eigenvalue weighted by Crippen LogP contribution is -2.42. The van der Waals surface area contributed by atoms with Crippen LogP contribution < -0.4 is 5.32 Å². The molecule has 7 nitrogen and oxygen atoms in total. The fourth-order valence-electron chi connectivity index (χ4n) is 2.70. The summed E-state index contributed by atoms with van der Waals surface area (Å²) >= 11 is 1.09. The Kier molecular flexibility index (Phi) is 7.89. The highest BCUT2D eigenvalue weighted by Crippen LogP contribution is 2.34. The lowest BCUT2D eigenvalue weighted by molar-refractivity contribution is -0.138. The molecule has 0 atom stereocenters. The maximum absolute atomic E-state index is 14.2. The summed E-state index contributed by atoms with van der Waals surface area (Å²) in [6.45, 7) is 3.70. The fourth-order valence-corrected chi connectivity index (χ4v) is 3.82. The molecule has 2 rings (SSSR count). The van der Waals surface area contributed by atoms with Crippen LogP contribution in [0.15, 0.2) is 18.2 Å². The Balaban J connectivity index is 2.12. The van der Waals surface area contributed by atoms with Gasteiger partial charge in [0.25, 0.3) is 5.91 Å². The van der Waals surface area contributed by atoms with E-state index >= 15 is 0 Å². The minimum Gasteiger partial charge on any atom is -0.451 e. The van der Waals surface area contributed by atoms with E-state index in [9.17, 15) is 18.8 Å². The second-order valence-corrected chi connectivity index (χ2v) is 6.95. The number of rotatable bonds is 9. The molecule has 1 heterocycles. The zero-order valence-corrected chi connectivity index (χ0v) is 16.9. The first kappa shape index (κ1) is 21.8. The highest BCUT2D eigenvalue weighted by atomic mass is 32.1. The molecular weight excluding hydrogens is 387 g/mol. The van der Waals surface area contributed by atoms with Gasteiger partial charge in [-0.3, -0.25) is 9.59 Å². The second-order valence-electron chi connectivity index (χ2n) is 5.89. The first-order valence-electron chi connectivity index (χ1n) is 8.83. The number of thiophene rings is 1. The Morgan fingerprint density at radius 2 is 2.00 bits per heavy atom. The van der Waals surface area contributed by atoms with Crippen LogP contribution in [0.3, 0.4) is 0 Å². The molecule has 0 unspecified atom stereocenters. The number of carbonyl (C=O) groups excluding carboxylic acids is 3. The van der Waals surface area contributed by atoms with Crippen LogP contribution in [0.2, 0.25) is 0 Å². The third-order valence-corrected chi connectivity index (χ3v) is 5.18. The summed E-state index contributed by atoms with van der Waals surface area (Å²) in [7, 11) is 1.45. The van der Waals surface area contributed by atoms with E-state index < -0.39 is 24.3 Å². The van der Waals surface area contributed by atoms with Gasteiger partial charge in [-0.2, -0.15) is 0 Å². The number of methoxy groups -OCH3 is 1. The van der Waals surface area contributed by atoms with E-state index in [4.69, 9.17) is 9.47 Å². The quantitative estimate of drug-likeness (QED) is 0.642. The second kappa shape index (κ2) is 10.1. The third kappa shape index (κ3) is 5.05. The van der Waals surface area contributed by atoms with Crippen LogP contribution in [0, 0.1) is 5.82 Å². The number of fused-ring (bicyclic) bond motifs is 1. The van der Waals surface area contributed by atoms with Crippen LogP contribution in [0.1, 0.15) is 29.1 Å². The maximum atomic E-state index is 14.2. The molecular formula is C19H23FN2O5S. The van der Waals surface area contributed by atoms with Gasteiger partial charge in [-0.05, 0) is 26.0 Å². The number of hydrogen-bond donors (Lipinski definition) is 1. The smallest absolute Gasteiger partial charge is 0.349 e. The van der Waals surface area contributed by atoms with E-state index in [0.717, 1.165) is 11.3 Å². The van der Waals surface area contributed by atoms with Crippen LogP contribution in [-0.2, 0) is 25.7 Å². The molecule has 0 spiro atoms. The Labute approximate surface area is 166 Å². The van der Waals surface area contributed by atoms with E-state index in [1.54, 1.807) is 26.0 Å². The van der Waals surface area contributed by atoms with E-state index in [1.165, 1.54) is 18.1 Å². The number of nitrogens with one attached hydrogen (secondary N) is 1. The van der Waals surface area contributed by atoms with Crippen molar-refractivity contribution >= 4 is 39.2 Å². The summed E-state index contributed by atoms with van der Waals surface area (Å²) in [4.78, 5) is 37.9. The minimum atomic E-state index is -0.727. The van der Waals surface area contributed by atoms with Crippen LogP contribution in [0.5, 0.6) is 0 Å². The summed E-state index contributed by atoms with van der Waals surface area (Å²) < 4.78 is 25.0. The number of carbonyl (C=O) groups is 3. The van der Waals surface area contributed by atoms with E-state index in [-0.39, 0.29) is 23.9 Å². The predicted octanol–water partition coefficient (Wildman–Crippen LogP) is 2.33. The minimum absolute atomic E-state index is 0.0393. The van der Waals surface area contributed by atoms with Crippen molar-refractivity contribution in [2.75, 3.05) is 33.4 Å². The molecule has 152 valence electrons. The molecule has 0 aliphatic heterocycles. The molecule has 1 aromatic carbocycles. The molecule has 2 aromatic rings. The lowest BCUT2D eigenvalue weighted by Gasteiger charge is -2.20. The summed E-state index contributed by atoms with van der Waals surface area (Å²) in [5.74, 6) is -1.95. The Bertz CT molecular complexity index is 867. The molecule has 1 aromatic heterocycles. The van der Waals surface area contributed by atoms with Crippen molar-refractivity contribution in [3.05, 3.63) is 34.5 Å². The van der Waals surface area contributed by atoms with Crippen molar-refractivity contribution in [2.45, 2.75) is 20.5 Å². The van der Waals surface area contributed by atoms with Crippen molar-refractivity contribution < 1.29 is 28.2 Å². The topological polar surface area (TPSA) is 84.9 Å². The Morgan fingerprint density at radius 3 is 2.64 bits per heavy atom. The zero-order chi connectivity index (χ0) is 20.7. The monoisotopic (exact) mass is 410 g/mol. The summed E-state index contributed by atoms with van der Waals surface area (Å²) in [5, 5.41) is 2.93. The van der Waals surface area contributed by atoms with Gasteiger partial charge in [0.05, 0.1) is 13.2 Å². The van der Waals surface area contributed by atoms with Gasteiger partial charge in [-0.15, -0.1) is 11.3 Å². The van der Waals surface area contributed by atoms with Crippen molar-refractivity contribution in [1.29, 1.82) is 0 Å². The lowest BCUT2D eigenvalue weighted by atomic mass is 10.1. The zero-order valence-electron chi connectivity index (χ0n) is 16.0. The number of ether oxygens (including phenoxy) is 2. The molecule has 0 saturated carbocycles. The first-order valence-corrected chi connectivity index (χ1v) is 9.64. The number of esters is 1. The van der Waals surface area contributed by atoms with Gasteiger partial charge in [0.1, 0.15) is 10.7 Å². The normalized spacial score (nSPS) is 10.7. The summed E-state index contributed by atoms with van der Waals surface area (Å²) in [6.07, 6.45) is 0. The molecule has 1 N–H and O–H groups in total. The highest BCUT2D eigenvalue weighted by Gasteiger charge is 2.23. The van der Waals surface area contributed by atoms with Gasteiger partial charge in [0, 0.05) is 35.8 Å². The molecule has 0 fully saturated rings. The van der Waals surface area contributed by atoms with Crippen LogP contribution in [-0.4, -0.2) is 56.0 Å². The SMILES string of the molecule is CCNC(=O)CN(CC)C(=O)COC(=O)c1sc2cccc(F)c2c1COC. The van der Waals surface area contributed by atoms with E-state index in [0.29, 0.717) is 28.7 Å². The molecule has 0 saturated heterocycles. The maximum Gasteiger partial charge on any atom is 0.349 e. The third-order valence-electron chi connectivity index (χ3n) is 4.01. The summed E-state index contributed by atoms with van der Waals surface area (Å²) in [5.41, 5.74) is 0.396. The number of amides is 2. The Hall–Kier alpha value is -2.52. The van der Waals surface area contributed by atoms with E-state index in [2.05, 4.69) is 5.32 Å². The first-order chi connectivity index (χ1) is 13.4. The molecule has 28 heavy (non-hydrogen) atoms. The van der Waals surface area contributed by atoms with Gasteiger partial charge in [0.15, 0.2) is 6.61 Å². The standard InChI is InChI=1S/C19H23FN2O5S/c1-4-21-15(23)9-22(5-2)16(24)11-27-19(25)18-12(10-26-3)17-13(20)7-6-8-14(17)28-18/h6-8H,4-5,9-11H2,1-3H3,(H,21,23). The molecule has 0 aliphatic carbocycles. The number of nitrogens with zero attached hydrogens (tertiary/aromatic N) is 1. The highest BCUT2D eigenvalue weighted by molar-refractivity contribution is 7.21. The van der Waals surface area contributed by atoms with Crippen LogP contribution in [0.25, 0.3) is 10.1 Å². The molecule has 0 bridgehead atoms.